The summed E-state index contributed by atoms with van der Waals surface area (Å²) < 4.78 is 5.28. The number of hydrogen-bond acceptors (Lipinski definition) is 3. The van der Waals surface area contributed by atoms with E-state index < -0.39 is 0 Å². The molecule has 0 saturated carbocycles. The fourth-order valence-electron chi connectivity index (χ4n) is 3.04. The molecule has 0 aromatic heterocycles. The van der Waals surface area contributed by atoms with E-state index in [4.69, 9.17) is 4.74 Å². The summed E-state index contributed by atoms with van der Waals surface area (Å²) in [4.78, 5) is 14.2. The van der Waals surface area contributed by atoms with E-state index in [9.17, 15) is 9.90 Å². The van der Waals surface area contributed by atoms with Gasteiger partial charge in [-0.15, -0.1) is 0 Å². The third-order valence-electron chi connectivity index (χ3n) is 4.30. The summed E-state index contributed by atoms with van der Waals surface area (Å²) in [5.74, 6) is 0.220. The van der Waals surface area contributed by atoms with Crippen molar-refractivity contribution in [2.75, 3.05) is 26.3 Å². The molecule has 2 aromatic carbocycles. The molecule has 122 valence electrons. The topological polar surface area (TPSA) is 61.8 Å². The maximum Gasteiger partial charge on any atom is 0.318 e. The predicted molar refractivity (Wildman–Crippen MR) is 89.6 cm³/mol. The van der Waals surface area contributed by atoms with Crippen LogP contribution in [-0.2, 0) is 4.74 Å². The van der Waals surface area contributed by atoms with Gasteiger partial charge in [0.2, 0.25) is 0 Å². The van der Waals surface area contributed by atoms with Crippen LogP contribution in [0.15, 0.2) is 36.4 Å². The summed E-state index contributed by atoms with van der Waals surface area (Å²) in [7, 11) is 0. The summed E-state index contributed by atoms with van der Waals surface area (Å²) in [6.45, 7) is 4.35. The van der Waals surface area contributed by atoms with Gasteiger partial charge in [0.05, 0.1) is 19.3 Å². The molecule has 1 unspecified atom stereocenters. The number of rotatable bonds is 3. The number of hydrogen-bond donors (Lipinski definition) is 2. The van der Waals surface area contributed by atoms with Gasteiger partial charge in [-0.2, -0.15) is 0 Å². The molecule has 5 nitrogen and oxygen atoms in total. The lowest BCUT2D eigenvalue weighted by Gasteiger charge is -2.29. The molecule has 2 aromatic rings. The Bertz CT molecular complexity index is 696. The van der Waals surface area contributed by atoms with Crippen molar-refractivity contribution in [1.29, 1.82) is 0 Å². The Kier molecular flexibility index (Phi) is 4.67. The van der Waals surface area contributed by atoms with Gasteiger partial charge >= 0.3 is 6.03 Å². The third kappa shape index (κ3) is 3.24. The number of nitrogens with zero attached hydrogens (tertiary/aromatic N) is 1. The Morgan fingerprint density at radius 2 is 2.00 bits per heavy atom. The van der Waals surface area contributed by atoms with Crippen LogP contribution < -0.4 is 5.32 Å². The molecule has 23 heavy (non-hydrogen) atoms. The number of carbonyl (C=O) groups excluding carboxylic acids is 1. The third-order valence-corrected chi connectivity index (χ3v) is 4.30. The predicted octanol–water partition coefficient (Wildman–Crippen LogP) is 3.04. The smallest absolute Gasteiger partial charge is 0.318 e. The Hall–Kier alpha value is -2.27. The second-order valence-corrected chi connectivity index (χ2v) is 5.73. The van der Waals surface area contributed by atoms with Gasteiger partial charge in [0.25, 0.3) is 0 Å². The highest BCUT2D eigenvalue weighted by Crippen LogP contribution is 2.33. The number of urea groups is 1. The second kappa shape index (κ2) is 6.87. The van der Waals surface area contributed by atoms with Crippen LogP contribution in [-0.4, -0.2) is 42.3 Å². The fraction of sp³-hybridized carbons (Fsp3) is 0.389. The lowest BCUT2D eigenvalue weighted by Crippen LogP contribution is -2.47. The highest BCUT2D eigenvalue weighted by Gasteiger charge is 2.23. The van der Waals surface area contributed by atoms with Crippen LogP contribution in [0, 0.1) is 0 Å². The minimum Gasteiger partial charge on any atom is -0.508 e. The number of phenolic OH excluding ortho intramolecular Hbond substituents is 1. The molecule has 1 atom stereocenters. The second-order valence-electron chi connectivity index (χ2n) is 5.73. The molecular weight excluding hydrogens is 292 g/mol. The molecule has 0 bridgehead atoms. The molecule has 1 aliphatic heterocycles. The van der Waals surface area contributed by atoms with Crippen molar-refractivity contribution < 1.29 is 14.6 Å². The zero-order valence-corrected chi connectivity index (χ0v) is 13.3. The van der Waals surface area contributed by atoms with Crippen molar-refractivity contribution in [3.8, 4) is 5.75 Å². The molecule has 2 amide bonds. The monoisotopic (exact) mass is 314 g/mol. The van der Waals surface area contributed by atoms with Crippen LogP contribution in [0.1, 0.15) is 24.9 Å². The number of phenols is 1. The molecule has 2 N–H and O–H groups in total. The number of carbonyl (C=O) groups is 1. The van der Waals surface area contributed by atoms with Gasteiger partial charge in [-0.1, -0.05) is 37.3 Å². The van der Waals surface area contributed by atoms with E-state index in [1.807, 2.05) is 37.3 Å². The maximum absolute atomic E-state index is 12.5. The molecule has 0 radical (unpaired) electrons. The van der Waals surface area contributed by atoms with E-state index in [0.717, 1.165) is 16.3 Å². The van der Waals surface area contributed by atoms with Gasteiger partial charge in [-0.25, -0.2) is 4.79 Å². The quantitative estimate of drug-likeness (QED) is 0.915. The largest absolute Gasteiger partial charge is 0.508 e. The van der Waals surface area contributed by atoms with Crippen molar-refractivity contribution in [3.05, 3.63) is 42.0 Å². The Labute approximate surface area is 135 Å². The van der Waals surface area contributed by atoms with Crippen LogP contribution in [0.25, 0.3) is 10.8 Å². The first-order chi connectivity index (χ1) is 11.2. The van der Waals surface area contributed by atoms with E-state index in [1.165, 1.54) is 0 Å². The van der Waals surface area contributed by atoms with Crippen LogP contribution >= 0.6 is 0 Å². The summed E-state index contributed by atoms with van der Waals surface area (Å²) in [6, 6.07) is 11.2. The fourth-order valence-corrected chi connectivity index (χ4v) is 3.04. The molecule has 3 rings (SSSR count). The average molecular weight is 314 g/mol. The van der Waals surface area contributed by atoms with Crippen LogP contribution in [0.5, 0.6) is 5.75 Å². The SMILES string of the molecule is CCC(NC(=O)N1CCOCC1)c1c(O)ccc2ccccc12. The van der Waals surface area contributed by atoms with Crippen molar-refractivity contribution in [2.45, 2.75) is 19.4 Å². The van der Waals surface area contributed by atoms with Crippen LogP contribution in [0.3, 0.4) is 0 Å². The number of aromatic hydroxyl groups is 1. The van der Waals surface area contributed by atoms with Gasteiger partial charge in [-0.05, 0) is 23.3 Å². The van der Waals surface area contributed by atoms with Gasteiger partial charge in [0, 0.05) is 18.7 Å². The van der Waals surface area contributed by atoms with E-state index in [2.05, 4.69) is 5.32 Å². The summed E-state index contributed by atoms with van der Waals surface area (Å²) in [5.41, 5.74) is 0.784. The minimum atomic E-state index is -0.226. The Balaban J connectivity index is 1.88. The maximum atomic E-state index is 12.5. The molecule has 1 heterocycles. The van der Waals surface area contributed by atoms with E-state index in [0.29, 0.717) is 32.7 Å². The molecular formula is C18H22N2O3. The molecule has 1 saturated heterocycles. The van der Waals surface area contributed by atoms with Crippen molar-refractivity contribution >= 4 is 16.8 Å². The molecule has 0 spiro atoms. The first kappa shape index (κ1) is 15.6. The zero-order chi connectivity index (χ0) is 16.2. The standard InChI is InChI=1S/C18H22N2O3/c1-2-15(19-18(22)20-9-11-23-12-10-20)17-14-6-4-3-5-13(14)7-8-16(17)21/h3-8,15,21H,2,9-12H2,1H3,(H,19,22). The van der Waals surface area contributed by atoms with E-state index in [-0.39, 0.29) is 17.8 Å². The van der Waals surface area contributed by atoms with Gasteiger partial charge in [0.15, 0.2) is 0 Å². The lowest BCUT2D eigenvalue weighted by molar-refractivity contribution is 0.0524. The van der Waals surface area contributed by atoms with Gasteiger partial charge in [0.1, 0.15) is 5.75 Å². The number of fused-ring (bicyclic) bond motifs is 1. The molecule has 1 aliphatic rings. The van der Waals surface area contributed by atoms with Crippen LogP contribution in [0.4, 0.5) is 4.79 Å². The number of nitrogens with one attached hydrogen (secondary N) is 1. The zero-order valence-electron chi connectivity index (χ0n) is 13.3. The normalized spacial score (nSPS) is 16.3. The first-order valence-corrected chi connectivity index (χ1v) is 8.04. The molecule has 1 fully saturated rings. The summed E-state index contributed by atoms with van der Waals surface area (Å²) in [6.07, 6.45) is 0.706. The summed E-state index contributed by atoms with van der Waals surface area (Å²) >= 11 is 0. The number of benzene rings is 2. The first-order valence-electron chi connectivity index (χ1n) is 8.04. The molecule has 0 aliphatic carbocycles. The van der Waals surface area contributed by atoms with Crippen molar-refractivity contribution in [1.82, 2.24) is 10.2 Å². The average Bonchev–Trinajstić information content (AvgIpc) is 2.60. The van der Waals surface area contributed by atoms with E-state index in [1.54, 1.807) is 11.0 Å². The number of morpholine rings is 1. The molecule has 5 heteroatoms. The number of ether oxygens (including phenoxy) is 1. The van der Waals surface area contributed by atoms with Crippen LogP contribution in [0.2, 0.25) is 0 Å². The Morgan fingerprint density at radius 3 is 2.74 bits per heavy atom. The van der Waals surface area contributed by atoms with Crippen molar-refractivity contribution in [2.24, 2.45) is 0 Å². The van der Waals surface area contributed by atoms with E-state index >= 15 is 0 Å². The van der Waals surface area contributed by atoms with Crippen molar-refractivity contribution in [3.63, 3.8) is 0 Å². The summed E-state index contributed by atoms with van der Waals surface area (Å²) in [5, 5.41) is 15.4. The highest BCUT2D eigenvalue weighted by atomic mass is 16.5. The number of amides is 2. The Morgan fingerprint density at radius 1 is 1.26 bits per heavy atom. The van der Waals surface area contributed by atoms with Gasteiger partial charge < -0.3 is 20.1 Å². The highest BCUT2D eigenvalue weighted by molar-refractivity contribution is 5.88. The lowest BCUT2D eigenvalue weighted by atomic mass is 9.96. The minimum absolute atomic E-state index is 0.104. The van der Waals surface area contributed by atoms with Gasteiger partial charge in [-0.3, -0.25) is 0 Å².